The molecule has 1 heterocycles. The summed E-state index contributed by atoms with van der Waals surface area (Å²) in [6.07, 6.45) is 5.93. The highest BCUT2D eigenvalue weighted by Gasteiger charge is 2.43. The van der Waals surface area contributed by atoms with Crippen LogP contribution in [-0.4, -0.2) is 37.1 Å². The van der Waals surface area contributed by atoms with Gasteiger partial charge in [0.15, 0.2) is 0 Å². The number of carbonyl (C=O) groups is 2. The van der Waals surface area contributed by atoms with E-state index in [9.17, 15) is 18.0 Å². The predicted octanol–water partition coefficient (Wildman–Crippen LogP) is 2.60. The number of benzene rings is 1. The standard InChI is InChI=1S/C20H26N2O4S/c1-3-15-9-11-16(12-10-15)19-14(2)20(24)22(27(19,25)26)13-18(23)21-17-7-5-4-6-8-17/h9-12,17H,3-8,13H2,1-2H3,(H,21,23). The third-order valence-electron chi connectivity index (χ3n) is 5.32. The van der Waals surface area contributed by atoms with Gasteiger partial charge >= 0.3 is 0 Å². The van der Waals surface area contributed by atoms with Crippen molar-refractivity contribution in [2.75, 3.05) is 6.54 Å². The molecule has 2 aliphatic rings. The zero-order chi connectivity index (χ0) is 19.6. The third kappa shape index (κ3) is 3.93. The minimum Gasteiger partial charge on any atom is -0.352 e. The fourth-order valence-electron chi connectivity index (χ4n) is 3.76. The second-order valence-corrected chi connectivity index (χ2v) is 9.02. The van der Waals surface area contributed by atoms with Crippen molar-refractivity contribution in [3.8, 4) is 0 Å². The zero-order valence-electron chi connectivity index (χ0n) is 15.8. The highest BCUT2D eigenvalue weighted by molar-refractivity contribution is 7.99. The first kappa shape index (κ1) is 19.6. The number of carbonyl (C=O) groups excluding carboxylic acids is 2. The molecule has 0 unspecified atom stereocenters. The Bertz CT molecular complexity index is 866. The molecule has 3 rings (SSSR count). The molecule has 0 atom stereocenters. The van der Waals surface area contributed by atoms with Crippen LogP contribution in [0.5, 0.6) is 0 Å². The number of amides is 2. The maximum absolute atomic E-state index is 13.0. The molecule has 0 aromatic heterocycles. The molecule has 1 aromatic rings. The largest absolute Gasteiger partial charge is 0.352 e. The average molecular weight is 391 g/mol. The van der Waals surface area contributed by atoms with E-state index >= 15 is 0 Å². The molecule has 1 aromatic carbocycles. The first-order valence-electron chi connectivity index (χ1n) is 9.51. The fourth-order valence-corrected chi connectivity index (χ4v) is 5.53. The van der Waals surface area contributed by atoms with Crippen LogP contribution in [0, 0.1) is 0 Å². The van der Waals surface area contributed by atoms with Crippen LogP contribution in [0.4, 0.5) is 0 Å². The summed E-state index contributed by atoms with van der Waals surface area (Å²) in [4.78, 5) is 24.9. The summed E-state index contributed by atoms with van der Waals surface area (Å²) < 4.78 is 26.6. The van der Waals surface area contributed by atoms with Crippen molar-refractivity contribution >= 4 is 26.7 Å². The molecule has 27 heavy (non-hydrogen) atoms. The van der Waals surface area contributed by atoms with Crippen LogP contribution in [0.25, 0.3) is 4.91 Å². The van der Waals surface area contributed by atoms with E-state index < -0.39 is 28.4 Å². The van der Waals surface area contributed by atoms with Crippen molar-refractivity contribution < 1.29 is 18.0 Å². The molecular weight excluding hydrogens is 364 g/mol. The Balaban J connectivity index is 1.78. The molecule has 0 radical (unpaired) electrons. The van der Waals surface area contributed by atoms with E-state index in [1.54, 1.807) is 12.1 Å². The van der Waals surface area contributed by atoms with Crippen LogP contribution in [-0.2, 0) is 26.0 Å². The van der Waals surface area contributed by atoms with E-state index in [-0.39, 0.29) is 16.5 Å². The molecule has 0 saturated heterocycles. The number of nitrogens with one attached hydrogen (secondary N) is 1. The SMILES string of the molecule is CCc1ccc(C2=C(C)C(=O)N(CC(=O)NC3CCCCC3)S2(=O)=O)cc1. The van der Waals surface area contributed by atoms with Crippen LogP contribution >= 0.6 is 0 Å². The number of hydrogen-bond donors (Lipinski definition) is 1. The van der Waals surface area contributed by atoms with Crippen LogP contribution in [0.3, 0.4) is 0 Å². The third-order valence-corrected chi connectivity index (χ3v) is 7.25. The topological polar surface area (TPSA) is 83.6 Å². The van der Waals surface area contributed by atoms with Crippen molar-refractivity contribution in [2.24, 2.45) is 0 Å². The number of sulfonamides is 1. The second-order valence-electron chi connectivity index (χ2n) is 7.22. The van der Waals surface area contributed by atoms with Crippen molar-refractivity contribution in [1.82, 2.24) is 9.62 Å². The lowest BCUT2D eigenvalue weighted by atomic mass is 9.95. The number of rotatable bonds is 5. The molecule has 1 fully saturated rings. The van der Waals surface area contributed by atoms with Gasteiger partial charge in [-0.3, -0.25) is 9.59 Å². The van der Waals surface area contributed by atoms with Crippen molar-refractivity contribution in [3.63, 3.8) is 0 Å². The molecule has 1 saturated carbocycles. The van der Waals surface area contributed by atoms with Crippen LogP contribution in [0.2, 0.25) is 0 Å². The lowest BCUT2D eigenvalue weighted by Gasteiger charge is -2.24. The van der Waals surface area contributed by atoms with Crippen molar-refractivity contribution in [1.29, 1.82) is 0 Å². The summed E-state index contributed by atoms with van der Waals surface area (Å²) in [6, 6.07) is 7.21. The van der Waals surface area contributed by atoms with Gasteiger partial charge in [-0.25, -0.2) is 12.7 Å². The van der Waals surface area contributed by atoms with E-state index in [2.05, 4.69) is 5.32 Å². The summed E-state index contributed by atoms with van der Waals surface area (Å²) in [7, 11) is -4.03. The molecule has 146 valence electrons. The summed E-state index contributed by atoms with van der Waals surface area (Å²) in [5, 5.41) is 2.87. The van der Waals surface area contributed by atoms with Gasteiger partial charge in [0, 0.05) is 11.6 Å². The Labute approximate surface area is 160 Å². The number of nitrogens with zero attached hydrogens (tertiary/aromatic N) is 1. The highest BCUT2D eigenvalue weighted by Crippen LogP contribution is 2.35. The van der Waals surface area contributed by atoms with Crippen molar-refractivity contribution in [3.05, 3.63) is 41.0 Å². The fraction of sp³-hybridized carbons (Fsp3) is 0.500. The van der Waals surface area contributed by atoms with Gasteiger partial charge in [0.25, 0.3) is 15.9 Å². The molecule has 0 bridgehead atoms. The lowest BCUT2D eigenvalue weighted by Crippen LogP contribution is -2.45. The van der Waals surface area contributed by atoms with Gasteiger partial charge in [0.2, 0.25) is 5.91 Å². The Morgan fingerprint density at radius 1 is 1.15 bits per heavy atom. The number of aryl methyl sites for hydroxylation is 1. The highest BCUT2D eigenvalue weighted by atomic mass is 32.2. The van der Waals surface area contributed by atoms with Crippen molar-refractivity contribution in [2.45, 2.75) is 58.4 Å². The smallest absolute Gasteiger partial charge is 0.268 e. The van der Waals surface area contributed by atoms with Gasteiger partial charge in [-0.05, 0) is 37.3 Å². The molecule has 2 amide bonds. The second kappa shape index (κ2) is 7.84. The van der Waals surface area contributed by atoms with Crippen LogP contribution < -0.4 is 5.32 Å². The summed E-state index contributed by atoms with van der Waals surface area (Å²) in [6.45, 7) is 3.05. The molecular formula is C20H26N2O4S. The monoisotopic (exact) mass is 390 g/mol. The molecule has 6 nitrogen and oxygen atoms in total. The Morgan fingerprint density at radius 2 is 1.78 bits per heavy atom. The average Bonchev–Trinajstić information content (AvgIpc) is 2.82. The molecule has 0 spiro atoms. The quantitative estimate of drug-likeness (QED) is 0.838. The Kier molecular flexibility index (Phi) is 5.69. The molecule has 1 aliphatic carbocycles. The predicted molar refractivity (Wildman–Crippen MR) is 104 cm³/mol. The van der Waals surface area contributed by atoms with Gasteiger partial charge < -0.3 is 5.32 Å². The van der Waals surface area contributed by atoms with E-state index in [0.717, 1.165) is 44.1 Å². The molecule has 1 aliphatic heterocycles. The normalized spacial score (nSPS) is 20.2. The van der Waals surface area contributed by atoms with E-state index in [1.807, 2.05) is 19.1 Å². The minimum atomic E-state index is -4.03. The van der Waals surface area contributed by atoms with E-state index in [1.165, 1.54) is 6.92 Å². The Hall–Kier alpha value is -2.15. The minimum absolute atomic E-state index is 0.000574. The molecule has 1 N–H and O–H groups in total. The summed E-state index contributed by atoms with van der Waals surface area (Å²) in [5.74, 6) is -1.04. The number of hydrogen-bond acceptors (Lipinski definition) is 4. The maximum Gasteiger partial charge on any atom is 0.268 e. The van der Waals surface area contributed by atoms with Gasteiger partial charge in [-0.1, -0.05) is 50.5 Å². The molecule has 7 heteroatoms. The van der Waals surface area contributed by atoms with E-state index in [4.69, 9.17) is 0 Å². The first-order valence-corrected chi connectivity index (χ1v) is 10.9. The van der Waals surface area contributed by atoms with E-state index in [0.29, 0.717) is 9.87 Å². The van der Waals surface area contributed by atoms with Gasteiger partial charge in [-0.2, -0.15) is 0 Å². The van der Waals surface area contributed by atoms with Gasteiger partial charge in [0.1, 0.15) is 11.4 Å². The zero-order valence-corrected chi connectivity index (χ0v) is 16.6. The van der Waals surface area contributed by atoms with Gasteiger partial charge in [-0.15, -0.1) is 0 Å². The maximum atomic E-state index is 13.0. The first-order chi connectivity index (χ1) is 12.8. The van der Waals surface area contributed by atoms with Crippen LogP contribution in [0.15, 0.2) is 29.8 Å². The Morgan fingerprint density at radius 3 is 2.37 bits per heavy atom. The van der Waals surface area contributed by atoms with Gasteiger partial charge in [0.05, 0.1) is 0 Å². The van der Waals surface area contributed by atoms with Crippen LogP contribution in [0.1, 0.15) is 57.1 Å². The summed E-state index contributed by atoms with van der Waals surface area (Å²) in [5.41, 5.74) is 1.72. The summed E-state index contributed by atoms with van der Waals surface area (Å²) >= 11 is 0. The lowest BCUT2D eigenvalue weighted by molar-refractivity contribution is -0.129.